The molecule has 3 atom stereocenters. The number of nitrogens with zero attached hydrogens (tertiary/aromatic N) is 2. The fourth-order valence-electron chi connectivity index (χ4n) is 2.68. The molecule has 1 aliphatic rings. The first-order valence-electron chi connectivity index (χ1n) is 6.73. The summed E-state index contributed by atoms with van der Waals surface area (Å²) in [5.74, 6) is 0.649. The van der Waals surface area contributed by atoms with Gasteiger partial charge in [0.15, 0.2) is 0 Å². The minimum absolute atomic E-state index is 0.254. The fraction of sp³-hybridized carbons (Fsp3) is 0.643. The SMILES string of the molecule is COc1ccc(C(CN)N2CC(C)SC(C)C2)cn1. The molecule has 3 unspecified atom stereocenters. The van der Waals surface area contributed by atoms with Crippen LogP contribution in [-0.2, 0) is 0 Å². The van der Waals surface area contributed by atoms with Gasteiger partial charge in [0.1, 0.15) is 0 Å². The summed E-state index contributed by atoms with van der Waals surface area (Å²) in [5, 5.41) is 1.31. The van der Waals surface area contributed by atoms with E-state index < -0.39 is 0 Å². The highest BCUT2D eigenvalue weighted by Gasteiger charge is 2.28. The van der Waals surface area contributed by atoms with Gasteiger partial charge < -0.3 is 10.5 Å². The van der Waals surface area contributed by atoms with E-state index in [-0.39, 0.29) is 6.04 Å². The smallest absolute Gasteiger partial charge is 0.212 e. The Bertz CT molecular complexity index is 388. The molecule has 1 saturated heterocycles. The molecule has 106 valence electrons. The molecule has 0 radical (unpaired) electrons. The lowest BCUT2D eigenvalue weighted by Crippen LogP contribution is -2.44. The third-order valence-electron chi connectivity index (χ3n) is 3.47. The first-order chi connectivity index (χ1) is 9.13. The largest absolute Gasteiger partial charge is 0.481 e. The van der Waals surface area contributed by atoms with Gasteiger partial charge in [0, 0.05) is 48.4 Å². The normalized spacial score (nSPS) is 26.1. The van der Waals surface area contributed by atoms with Crippen LogP contribution in [0.25, 0.3) is 0 Å². The highest BCUT2D eigenvalue weighted by atomic mass is 32.2. The number of rotatable bonds is 4. The Morgan fingerprint density at radius 2 is 2.11 bits per heavy atom. The zero-order valence-corrected chi connectivity index (χ0v) is 12.7. The van der Waals surface area contributed by atoms with E-state index in [9.17, 15) is 0 Å². The van der Waals surface area contributed by atoms with Crippen LogP contribution < -0.4 is 10.5 Å². The summed E-state index contributed by atoms with van der Waals surface area (Å²) in [6, 6.07) is 4.23. The van der Waals surface area contributed by atoms with Gasteiger partial charge in [-0.05, 0) is 5.56 Å². The van der Waals surface area contributed by atoms with Crippen molar-refractivity contribution in [1.82, 2.24) is 9.88 Å². The Kier molecular flexibility index (Phi) is 5.07. The average molecular weight is 281 g/mol. The maximum absolute atomic E-state index is 5.99. The van der Waals surface area contributed by atoms with Crippen molar-refractivity contribution < 1.29 is 4.74 Å². The molecule has 0 amide bonds. The van der Waals surface area contributed by atoms with Crippen LogP contribution in [0, 0.1) is 0 Å². The van der Waals surface area contributed by atoms with Gasteiger partial charge in [-0.2, -0.15) is 11.8 Å². The minimum atomic E-state index is 0.254. The maximum atomic E-state index is 5.99. The summed E-state index contributed by atoms with van der Waals surface area (Å²) in [5.41, 5.74) is 7.17. The van der Waals surface area contributed by atoms with Crippen molar-refractivity contribution in [3.05, 3.63) is 23.9 Å². The van der Waals surface area contributed by atoms with Gasteiger partial charge in [-0.25, -0.2) is 4.98 Å². The van der Waals surface area contributed by atoms with Crippen LogP contribution in [-0.4, -0.2) is 47.1 Å². The number of methoxy groups -OCH3 is 1. The molecule has 0 aliphatic carbocycles. The second-order valence-electron chi connectivity index (χ2n) is 5.10. The molecule has 1 aromatic heterocycles. The number of nitrogens with two attached hydrogens (primary N) is 1. The molecule has 2 N–H and O–H groups in total. The highest BCUT2D eigenvalue weighted by molar-refractivity contribution is 8.00. The second kappa shape index (κ2) is 6.59. The van der Waals surface area contributed by atoms with Crippen LogP contribution in [0.5, 0.6) is 5.88 Å². The highest BCUT2D eigenvalue weighted by Crippen LogP contribution is 2.30. The van der Waals surface area contributed by atoms with Gasteiger partial charge in [-0.3, -0.25) is 4.90 Å². The van der Waals surface area contributed by atoms with E-state index in [0.717, 1.165) is 13.1 Å². The summed E-state index contributed by atoms with van der Waals surface area (Å²) in [4.78, 5) is 6.77. The summed E-state index contributed by atoms with van der Waals surface area (Å²) in [6.07, 6.45) is 1.88. The van der Waals surface area contributed by atoms with Gasteiger partial charge in [0.2, 0.25) is 5.88 Å². The Morgan fingerprint density at radius 3 is 2.58 bits per heavy atom. The van der Waals surface area contributed by atoms with Gasteiger partial charge >= 0.3 is 0 Å². The lowest BCUT2D eigenvalue weighted by atomic mass is 10.1. The van der Waals surface area contributed by atoms with Crippen molar-refractivity contribution in [2.24, 2.45) is 5.73 Å². The van der Waals surface area contributed by atoms with Crippen LogP contribution in [0.3, 0.4) is 0 Å². The zero-order valence-electron chi connectivity index (χ0n) is 11.9. The van der Waals surface area contributed by atoms with Crippen molar-refractivity contribution >= 4 is 11.8 Å². The predicted molar refractivity (Wildman–Crippen MR) is 80.7 cm³/mol. The van der Waals surface area contributed by atoms with Crippen LogP contribution in [0.4, 0.5) is 0 Å². The van der Waals surface area contributed by atoms with Gasteiger partial charge in [-0.15, -0.1) is 0 Å². The molecule has 0 spiro atoms. The maximum Gasteiger partial charge on any atom is 0.212 e. The molecule has 19 heavy (non-hydrogen) atoms. The van der Waals surface area contributed by atoms with Gasteiger partial charge in [0.25, 0.3) is 0 Å². The Morgan fingerprint density at radius 1 is 1.42 bits per heavy atom. The average Bonchev–Trinajstić information content (AvgIpc) is 2.39. The van der Waals surface area contributed by atoms with Crippen LogP contribution in [0.15, 0.2) is 18.3 Å². The van der Waals surface area contributed by atoms with E-state index in [1.54, 1.807) is 7.11 Å². The lowest BCUT2D eigenvalue weighted by Gasteiger charge is -2.39. The third kappa shape index (κ3) is 3.61. The van der Waals surface area contributed by atoms with Crippen LogP contribution in [0.1, 0.15) is 25.5 Å². The number of thioether (sulfide) groups is 1. The van der Waals surface area contributed by atoms with Crippen LogP contribution in [0.2, 0.25) is 0 Å². The minimum Gasteiger partial charge on any atom is -0.481 e. The molecule has 1 fully saturated rings. The fourth-order valence-corrected chi connectivity index (χ4v) is 4.03. The monoisotopic (exact) mass is 281 g/mol. The zero-order chi connectivity index (χ0) is 13.8. The molecule has 1 aliphatic heterocycles. The number of aromatic nitrogens is 1. The van der Waals surface area contributed by atoms with Crippen LogP contribution >= 0.6 is 11.8 Å². The second-order valence-corrected chi connectivity index (χ2v) is 6.98. The van der Waals surface area contributed by atoms with E-state index >= 15 is 0 Å². The van der Waals surface area contributed by atoms with Crippen molar-refractivity contribution in [3.8, 4) is 5.88 Å². The molecule has 4 nitrogen and oxygen atoms in total. The van der Waals surface area contributed by atoms with Crippen molar-refractivity contribution in [2.45, 2.75) is 30.4 Å². The van der Waals surface area contributed by atoms with E-state index in [0.29, 0.717) is 22.9 Å². The molecule has 0 bridgehead atoms. The first-order valence-corrected chi connectivity index (χ1v) is 7.67. The number of hydrogen-bond acceptors (Lipinski definition) is 5. The predicted octanol–water partition coefficient (Wildman–Crippen LogP) is 1.92. The summed E-state index contributed by atoms with van der Waals surface area (Å²) >= 11 is 2.06. The molecule has 2 heterocycles. The quantitative estimate of drug-likeness (QED) is 0.913. The molecule has 2 rings (SSSR count). The summed E-state index contributed by atoms with van der Waals surface area (Å²) in [6.45, 7) is 7.37. The van der Waals surface area contributed by atoms with Crippen molar-refractivity contribution in [1.29, 1.82) is 0 Å². The Balaban J connectivity index is 2.13. The van der Waals surface area contributed by atoms with E-state index in [1.807, 2.05) is 12.3 Å². The Hall–Kier alpha value is -0.780. The number of pyridine rings is 1. The first kappa shape index (κ1) is 14.6. The van der Waals surface area contributed by atoms with Crippen molar-refractivity contribution in [3.63, 3.8) is 0 Å². The van der Waals surface area contributed by atoms with E-state index in [4.69, 9.17) is 10.5 Å². The van der Waals surface area contributed by atoms with Gasteiger partial charge in [-0.1, -0.05) is 19.9 Å². The molecule has 0 aromatic carbocycles. The molecular weight excluding hydrogens is 258 g/mol. The van der Waals surface area contributed by atoms with E-state index in [2.05, 4.69) is 41.6 Å². The van der Waals surface area contributed by atoms with Crippen molar-refractivity contribution in [2.75, 3.05) is 26.7 Å². The third-order valence-corrected chi connectivity index (χ3v) is 4.69. The topological polar surface area (TPSA) is 51.4 Å². The Labute approximate surface area is 119 Å². The lowest BCUT2D eigenvalue weighted by molar-refractivity contribution is 0.199. The standard InChI is InChI=1S/C14H23N3OS/c1-10-8-17(9-11(2)19-10)13(6-15)12-4-5-14(18-3)16-7-12/h4-5,7,10-11,13H,6,8-9,15H2,1-3H3. The molecule has 1 aromatic rings. The summed E-state index contributed by atoms with van der Waals surface area (Å²) < 4.78 is 5.10. The molecule has 0 saturated carbocycles. The van der Waals surface area contributed by atoms with Gasteiger partial charge in [0.05, 0.1) is 7.11 Å². The number of hydrogen-bond donors (Lipinski definition) is 1. The molecular formula is C14H23N3OS. The number of ether oxygens (including phenoxy) is 1. The molecule has 5 heteroatoms. The summed E-state index contributed by atoms with van der Waals surface area (Å²) in [7, 11) is 1.63. The van der Waals surface area contributed by atoms with E-state index in [1.165, 1.54) is 5.56 Å².